The van der Waals surface area contributed by atoms with Crippen molar-refractivity contribution in [3.05, 3.63) is 82.6 Å². The quantitative estimate of drug-likeness (QED) is 0.396. The first-order valence-electron chi connectivity index (χ1n) is 10.6. The predicted octanol–water partition coefficient (Wildman–Crippen LogP) is 5.03. The highest BCUT2D eigenvalue weighted by Crippen LogP contribution is 2.31. The number of nitriles is 1. The molecule has 172 valence electrons. The van der Waals surface area contributed by atoms with E-state index in [1.165, 1.54) is 23.9 Å². The van der Waals surface area contributed by atoms with Gasteiger partial charge in [-0.1, -0.05) is 30.0 Å². The zero-order chi connectivity index (χ0) is 24.4. The van der Waals surface area contributed by atoms with Crippen LogP contribution in [0.25, 0.3) is 11.4 Å². The maximum atomic E-state index is 13.9. The smallest absolute Gasteiger partial charge is 0.236 e. The molecule has 0 saturated carbocycles. The van der Waals surface area contributed by atoms with Gasteiger partial charge in [-0.25, -0.2) is 4.39 Å². The molecule has 0 saturated heterocycles. The average Bonchev–Trinajstić information content (AvgIpc) is 3.28. The summed E-state index contributed by atoms with van der Waals surface area (Å²) in [7, 11) is 0. The Bertz CT molecular complexity index is 1430. The monoisotopic (exact) mass is 474 g/mol. The van der Waals surface area contributed by atoms with Gasteiger partial charge in [0.15, 0.2) is 5.16 Å². The summed E-state index contributed by atoms with van der Waals surface area (Å²) in [4.78, 5) is 12.9. The van der Waals surface area contributed by atoms with E-state index >= 15 is 0 Å². The zero-order valence-corrected chi connectivity index (χ0v) is 20.1. The van der Waals surface area contributed by atoms with Crippen molar-refractivity contribution in [2.45, 2.75) is 32.9 Å². The SMILES string of the molecule is Cc1cccc(-n2c(C)nnc2SCC(=O)Nc2c(C#N)c(C)c(C)n2-c2cccc(F)c2)c1. The van der Waals surface area contributed by atoms with Gasteiger partial charge in [0.05, 0.1) is 17.0 Å². The lowest BCUT2D eigenvalue weighted by Crippen LogP contribution is -2.18. The topological polar surface area (TPSA) is 88.5 Å². The summed E-state index contributed by atoms with van der Waals surface area (Å²) in [6.07, 6.45) is 0. The zero-order valence-electron chi connectivity index (χ0n) is 19.3. The number of thioether (sulfide) groups is 1. The minimum Gasteiger partial charge on any atom is -0.310 e. The molecule has 4 rings (SSSR count). The summed E-state index contributed by atoms with van der Waals surface area (Å²) in [6.45, 7) is 7.50. The molecule has 2 heterocycles. The standard InChI is InChI=1S/C25H23FN6OS/c1-15-7-5-9-20(11-15)32-18(4)29-30-25(32)34-14-23(33)28-24-22(13-27)16(2)17(3)31(24)21-10-6-8-19(26)12-21/h5-12H,14H2,1-4H3,(H,28,33). The van der Waals surface area contributed by atoms with E-state index in [1.807, 2.05) is 49.6 Å². The Kier molecular flexibility index (Phi) is 6.52. The van der Waals surface area contributed by atoms with Gasteiger partial charge in [-0.05, 0) is 69.2 Å². The second-order valence-corrected chi connectivity index (χ2v) is 8.84. The van der Waals surface area contributed by atoms with Crippen LogP contribution in [0.2, 0.25) is 0 Å². The van der Waals surface area contributed by atoms with Gasteiger partial charge in [0, 0.05) is 11.4 Å². The van der Waals surface area contributed by atoms with E-state index in [0.717, 1.165) is 22.5 Å². The number of benzene rings is 2. The third kappa shape index (κ3) is 4.45. The second kappa shape index (κ2) is 9.53. The number of nitrogens with zero attached hydrogens (tertiary/aromatic N) is 5. The summed E-state index contributed by atoms with van der Waals surface area (Å²) < 4.78 is 17.5. The van der Waals surface area contributed by atoms with Crippen molar-refractivity contribution in [1.29, 1.82) is 5.26 Å². The number of aromatic nitrogens is 4. The number of hydrogen-bond acceptors (Lipinski definition) is 5. The summed E-state index contributed by atoms with van der Waals surface area (Å²) in [5.74, 6) is 0.381. The highest BCUT2D eigenvalue weighted by Gasteiger charge is 2.22. The van der Waals surface area contributed by atoms with Crippen LogP contribution in [0.3, 0.4) is 0 Å². The van der Waals surface area contributed by atoms with Gasteiger partial charge in [0.25, 0.3) is 0 Å². The molecule has 0 aliphatic rings. The van der Waals surface area contributed by atoms with E-state index in [2.05, 4.69) is 21.6 Å². The highest BCUT2D eigenvalue weighted by molar-refractivity contribution is 7.99. The van der Waals surface area contributed by atoms with Crippen molar-refractivity contribution in [2.24, 2.45) is 0 Å². The van der Waals surface area contributed by atoms with Gasteiger partial charge in [0.1, 0.15) is 23.5 Å². The van der Waals surface area contributed by atoms with Crippen LogP contribution in [0.15, 0.2) is 53.7 Å². The van der Waals surface area contributed by atoms with E-state index in [4.69, 9.17) is 0 Å². The molecule has 0 atom stereocenters. The molecule has 0 bridgehead atoms. The molecule has 7 nitrogen and oxygen atoms in total. The van der Waals surface area contributed by atoms with Crippen LogP contribution in [-0.2, 0) is 4.79 Å². The van der Waals surface area contributed by atoms with E-state index < -0.39 is 5.82 Å². The van der Waals surface area contributed by atoms with Crippen molar-refractivity contribution in [3.63, 3.8) is 0 Å². The maximum Gasteiger partial charge on any atom is 0.236 e. The molecule has 2 aromatic carbocycles. The number of halogens is 1. The number of aryl methyl sites for hydroxylation is 2. The number of amides is 1. The average molecular weight is 475 g/mol. The van der Waals surface area contributed by atoms with Gasteiger partial charge in [-0.15, -0.1) is 10.2 Å². The summed E-state index contributed by atoms with van der Waals surface area (Å²) >= 11 is 1.25. The van der Waals surface area contributed by atoms with Crippen molar-refractivity contribution >= 4 is 23.5 Å². The summed E-state index contributed by atoms with van der Waals surface area (Å²) in [5.41, 5.74) is 4.37. The van der Waals surface area contributed by atoms with Gasteiger partial charge < -0.3 is 5.32 Å². The first-order chi connectivity index (χ1) is 16.3. The molecule has 0 radical (unpaired) electrons. The molecule has 1 N–H and O–H groups in total. The van der Waals surface area contributed by atoms with Gasteiger partial charge in [-0.2, -0.15) is 5.26 Å². The molecule has 0 fully saturated rings. The Balaban J connectivity index is 1.60. The third-order valence-corrected chi connectivity index (χ3v) is 6.47. The number of nitrogens with one attached hydrogen (secondary N) is 1. The Morgan fingerprint density at radius 1 is 1.06 bits per heavy atom. The molecule has 0 spiro atoms. The first-order valence-corrected chi connectivity index (χ1v) is 11.6. The Morgan fingerprint density at radius 3 is 2.44 bits per heavy atom. The van der Waals surface area contributed by atoms with Crippen LogP contribution >= 0.6 is 11.8 Å². The minimum atomic E-state index is -0.402. The predicted molar refractivity (Wildman–Crippen MR) is 130 cm³/mol. The van der Waals surface area contributed by atoms with E-state index in [9.17, 15) is 14.4 Å². The van der Waals surface area contributed by atoms with Crippen LogP contribution in [0.5, 0.6) is 0 Å². The number of carbonyl (C=O) groups is 1. The van der Waals surface area contributed by atoms with E-state index in [1.54, 1.807) is 23.6 Å². The number of rotatable bonds is 6. The van der Waals surface area contributed by atoms with Crippen LogP contribution in [0.1, 0.15) is 28.2 Å². The molecule has 4 aromatic rings. The van der Waals surface area contributed by atoms with Gasteiger partial charge in [-0.3, -0.25) is 13.9 Å². The fourth-order valence-corrected chi connectivity index (χ4v) is 4.60. The van der Waals surface area contributed by atoms with Crippen molar-refractivity contribution in [1.82, 2.24) is 19.3 Å². The lowest BCUT2D eigenvalue weighted by molar-refractivity contribution is -0.113. The molecular formula is C25H23FN6OS. The lowest BCUT2D eigenvalue weighted by Gasteiger charge is -2.13. The molecule has 0 aliphatic carbocycles. The second-order valence-electron chi connectivity index (χ2n) is 7.90. The van der Waals surface area contributed by atoms with Gasteiger partial charge >= 0.3 is 0 Å². The van der Waals surface area contributed by atoms with E-state index in [-0.39, 0.29) is 11.7 Å². The Morgan fingerprint density at radius 2 is 1.76 bits per heavy atom. The molecule has 34 heavy (non-hydrogen) atoms. The molecular weight excluding hydrogens is 451 g/mol. The maximum absolute atomic E-state index is 13.9. The fourth-order valence-electron chi connectivity index (χ4n) is 3.80. The van der Waals surface area contributed by atoms with Crippen molar-refractivity contribution in [2.75, 3.05) is 11.1 Å². The molecule has 2 aromatic heterocycles. The normalized spacial score (nSPS) is 10.8. The van der Waals surface area contributed by atoms with Crippen molar-refractivity contribution in [3.8, 4) is 17.4 Å². The molecule has 0 unspecified atom stereocenters. The third-order valence-electron chi connectivity index (χ3n) is 5.54. The summed E-state index contributed by atoms with van der Waals surface area (Å²) in [5, 5.41) is 21.6. The first kappa shape index (κ1) is 23.3. The van der Waals surface area contributed by atoms with Crippen molar-refractivity contribution < 1.29 is 9.18 Å². The minimum absolute atomic E-state index is 0.0568. The molecule has 0 aliphatic heterocycles. The molecule has 9 heteroatoms. The van der Waals surface area contributed by atoms with E-state index in [0.29, 0.717) is 28.0 Å². The van der Waals surface area contributed by atoms with Crippen LogP contribution in [0.4, 0.5) is 10.2 Å². The lowest BCUT2D eigenvalue weighted by atomic mass is 10.2. The Labute approximate surface area is 201 Å². The highest BCUT2D eigenvalue weighted by atomic mass is 32.2. The molecule has 1 amide bonds. The number of anilines is 1. The summed E-state index contributed by atoms with van der Waals surface area (Å²) in [6, 6.07) is 16.2. The fraction of sp³-hybridized carbons (Fsp3) is 0.200. The largest absolute Gasteiger partial charge is 0.310 e. The van der Waals surface area contributed by atoms with Crippen LogP contribution in [0, 0.1) is 44.8 Å². The number of carbonyl (C=O) groups excluding carboxylic acids is 1. The van der Waals surface area contributed by atoms with Crippen LogP contribution < -0.4 is 5.32 Å². The number of hydrogen-bond donors (Lipinski definition) is 1. The van der Waals surface area contributed by atoms with Crippen LogP contribution in [-0.4, -0.2) is 31.0 Å². The van der Waals surface area contributed by atoms with Gasteiger partial charge in [0.2, 0.25) is 5.91 Å². The Hall–Kier alpha value is -3.90.